The molecule has 3 aromatic rings. The molecule has 0 bridgehead atoms. The number of hydrogen-bond donors (Lipinski definition) is 1. The molecule has 0 fully saturated rings. The third kappa shape index (κ3) is 3.47. The number of nitrogens with one attached hydrogen (secondary N) is 1. The maximum Gasteiger partial charge on any atom is 0.248 e. The molecule has 1 heterocycles. The van der Waals surface area contributed by atoms with Gasteiger partial charge in [0.2, 0.25) is 5.91 Å². The largest absolute Gasteiger partial charge is 0.496 e. The van der Waals surface area contributed by atoms with Gasteiger partial charge in [0, 0.05) is 28.8 Å². The summed E-state index contributed by atoms with van der Waals surface area (Å²) < 4.78 is 24.4. The number of halogens is 1. The number of allylic oxidation sites excluding steroid dienone is 1. The number of fused-ring (bicyclic) bond motifs is 1. The van der Waals surface area contributed by atoms with E-state index in [4.69, 9.17) is 9.15 Å². The van der Waals surface area contributed by atoms with E-state index in [-0.39, 0.29) is 5.91 Å². The molecule has 0 unspecified atom stereocenters. The first-order chi connectivity index (χ1) is 12.4. The monoisotopic (exact) mass is 353 g/mol. The smallest absolute Gasteiger partial charge is 0.248 e. The molecule has 26 heavy (non-hydrogen) atoms. The number of methoxy groups -OCH3 is 1. The minimum Gasteiger partial charge on any atom is -0.496 e. The number of rotatable bonds is 4. The van der Waals surface area contributed by atoms with E-state index in [1.165, 1.54) is 18.2 Å². The lowest BCUT2D eigenvalue weighted by Crippen LogP contribution is -2.08. The van der Waals surface area contributed by atoms with Gasteiger partial charge in [0.05, 0.1) is 7.11 Å². The number of ether oxygens (including phenoxy) is 1. The molecular weight excluding hydrogens is 333 g/mol. The van der Waals surface area contributed by atoms with E-state index in [1.54, 1.807) is 19.2 Å². The highest BCUT2D eigenvalue weighted by molar-refractivity contribution is 6.04. The number of furan rings is 1. The van der Waals surface area contributed by atoms with Crippen LogP contribution >= 0.6 is 0 Å². The fraction of sp³-hybridized carbons (Fsp3) is 0.190. The van der Waals surface area contributed by atoms with Crippen LogP contribution in [0.2, 0.25) is 0 Å². The number of aryl methyl sites for hydroxylation is 2. The highest BCUT2D eigenvalue weighted by Gasteiger charge is 2.14. The van der Waals surface area contributed by atoms with E-state index in [0.29, 0.717) is 11.4 Å². The summed E-state index contributed by atoms with van der Waals surface area (Å²) in [5.74, 6) is 0.736. The molecule has 0 aliphatic carbocycles. The molecule has 5 heteroatoms. The van der Waals surface area contributed by atoms with Crippen LogP contribution in [-0.4, -0.2) is 13.0 Å². The lowest BCUT2D eigenvalue weighted by atomic mass is 10.0. The van der Waals surface area contributed by atoms with Crippen molar-refractivity contribution < 1.29 is 18.3 Å². The Morgan fingerprint density at radius 3 is 2.69 bits per heavy atom. The average molecular weight is 353 g/mol. The fourth-order valence-corrected chi connectivity index (χ4v) is 2.87. The van der Waals surface area contributed by atoms with Gasteiger partial charge in [0.1, 0.15) is 22.9 Å². The number of amides is 1. The van der Waals surface area contributed by atoms with Gasteiger partial charge in [-0.2, -0.15) is 0 Å². The SMILES string of the molecule is COc1cc2oc(C)c(C)c2cc1/C(C)=C/C(=O)Nc1cccc(F)c1. The maximum atomic E-state index is 13.2. The molecule has 0 atom stereocenters. The minimum atomic E-state index is -0.401. The molecule has 0 aliphatic rings. The van der Waals surface area contributed by atoms with Gasteiger partial charge in [0.25, 0.3) is 0 Å². The highest BCUT2D eigenvalue weighted by atomic mass is 19.1. The van der Waals surface area contributed by atoms with E-state index < -0.39 is 5.82 Å². The van der Waals surface area contributed by atoms with Gasteiger partial charge < -0.3 is 14.5 Å². The third-order valence-electron chi connectivity index (χ3n) is 4.36. The van der Waals surface area contributed by atoms with E-state index in [0.717, 1.165) is 33.4 Å². The third-order valence-corrected chi connectivity index (χ3v) is 4.36. The van der Waals surface area contributed by atoms with Gasteiger partial charge in [0.15, 0.2) is 0 Å². The Morgan fingerprint density at radius 1 is 1.23 bits per heavy atom. The van der Waals surface area contributed by atoms with Crippen LogP contribution in [0.15, 0.2) is 46.9 Å². The molecule has 0 saturated heterocycles. The molecule has 1 N–H and O–H groups in total. The van der Waals surface area contributed by atoms with Crippen molar-refractivity contribution in [1.29, 1.82) is 0 Å². The van der Waals surface area contributed by atoms with Gasteiger partial charge in [-0.1, -0.05) is 6.07 Å². The number of carbonyl (C=O) groups is 1. The van der Waals surface area contributed by atoms with Crippen LogP contribution in [0.3, 0.4) is 0 Å². The van der Waals surface area contributed by atoms with Crippen LogP contribution < -0.4 is 10.1 Å². The first kappa shape index (κ1) is 17.7. The number of hydrogen-bond acceptors (Lipinski definition) is 3. The predicted octanol–water partition coefficient (Wildman–Crippen LogP) is 5.24. The van der Waals surface area contributed by atoms with E-state index in [9.17, 15) is 9.18 Å². The first-order valence-corrected chi connectivity index (χ1v) is 8.22. The highest BCUT2D eigenvalue weighted by Crippen LogP contribution is 2.34. The van der Waals surface area contributed by atoms with Crippen molar-refractivity contribution in [2.45, 2.75) is 20.8 Å². The number of benzene rings is 2. The van der Waals surface area contributed by atoms with E-state index in [1.807, 2.05) is 32.9 Å². The molecule has 1 amide bonds. The summed E-state index contributed by atoms with van der Waals surface area (Å²) in [4.78, 5) is 12.3. The Hall–Kier alpha value is -3.08. The van der Waals surface area contributed by atoms with Crippen molar-refractivity contribution >= 4 is 28.1 Å². The normalized spacial score (nSPS) is 11.7. The van der Waals surface area contributed by atoms with E-state index >= 15 is 0 Å². The fourth-order valence-electron chi connectivity index (χ4n) is 2.87. The molecule has 3 rings (SSSR count). The van der Waals surface area contributed by atoms with Crippen LogP contribution in [-0.2, 0) is 4.79 Å². The van der Waals surface area contributed by atoms with Crippen molar-refractivity contribution in [3.63, 3.8) is 0 Å². The van der Waals surface area contributed by atoms with Crippen molar-refractivity contribution in [3.8, 4) is 5.75 Å². The Balaban J connectivity index is 1.94. The van der Waals surface area contributed by atoms with Gasteiger partial charge in [-0.3, -0.25) is 4.79 Å². The molecule has 0 radical (unpaired) electrons. The molecule has 1 aromatic heterocycles. The lowest BCUT2D eigenvalue weighted by molar-refractivity contribution is -0.111. The van der Waals surface area contributed by atoms with Gasteiger partial charge in [-0.25, -0.2) is 4.39 Å². The molecular formula is C21H20FNO3. The van der Waals surface area contributed by atoms with Gasteiger partial charge in [-0.05, 0) is 56.2 Å². The molecule has 4 nitrogen and oxygen atoms in total. The Bertz CT molecular complexity index is 1020. The van der Waals surface area contributed by atoms with E-state index in [2.05, 4.69) is 5.32 Å². The maximum absolute atomic E-state index is 13.2. The Morgan fingerprint density at radius 2 is 2.00 bits per heavy atom. The second-order valence-electron chi connectivity index (χ2n) is 6.16. The van der Waals surface area contributed by atoms with Crippen molar-refractivity contribution in [1.82, 2.24) is 0 Å². The molecule has 0 spiro atoms. The van der Waals surface area contributed by atoms with Gasteiger partial charge in [-0.15, -0.1) is 0 Å². The van der Waals surface area contributed by atoms with Crippen LogP contribution in [0.5, 0.6) is 5.75 Å². The standard InChI is InChI=1S/C21H20FNO3/c1-12(8-21(24)23-16-7-5-6-15(22)9-16)17-10-18-13(2)14(3)26-20(18)11-19(17)25-4/h5-11H,1-4H3,(H,23,24)/b12-8+. The van der Waals surface area contributed by atoms with Crippen molar-refractivity contribution in [2.24, 2.45) is 0 Å². The Kier molecular flexibility index (Phi) is 4.80. The summed E-state index contributed by atoms with van der Waals surface area (Å²) >= 11 is 0. The Labute approximate surface area is 151 Å². The summed E-state index contributed by atoms with van der Waals surface area (Å²) in [6.45, 7) is 5.74. The molecule has 2 aromatic carbocycles. The average Bonchev–Trinajstić information content (AvgIpc) is 2.87. The summed E-state index contributed by atoms with van der Waals surface area (Å²) in [6, 6.07) is 9.56. The van der Waals surface area contributed by atoms with Crippen LogP contribution in [0.4, 0.5) is 10.1 Å². The van der Waals surface area contributed by atoms with Gasteiger partial charge >= 0.3 is 0 Å². The summed E-state index contributed by atoms with van der Waals surface area (Å²) in [6.07, 6.45) is 1.47. The zero-order valence-corrected chi connectivity index (χ0v) is 15.1. The van der Waals surface area contributed by atoms with Crippen molar-refractivity contribution in [3.05, 3.63) is 65.2 Å². The van der Waals surface area contributed by atoms with Crippen LogP contribution in [0.1, 0.15) is 23.8 Å². The van der Waals surface area contributed by atoms with Crippen LogP contribution in [0.25, 0.3) is 16.5 Å². The molecule has 0 saturated carbocycles. The topological polar surface area (TPSA) is 51.5 Å². The quantitative estimate of drug-likeness (QED) is 0.653. The second-order valence-corrected chi connectivity index (χ2v) is 6.16. The minimum absolute atomic E-state index is 0.338. The number of anilines is 1. The summed E-state index contributed by atoms with van der Waals surface area (Å²) in [5.41, 5.74) is 3.75. The lowest BCUT2D eigenvalue weighted by Gasteiger charge is -2.10. The zero-order valence-electron chi connectivity index (χ0n) is 15.1. The predicted molar refractivity (Wildman–Crippen MR) is 101 cm³/mol. The zero-order chi connectivity index (χ0) is 18.8. The summed E-state index contributed by atoms with van der Waals surface area (Å²) in [7, 11) is 1.58. The molecule has 0 aliphatic heterocycles. The first-order valence-electron chi connectivity index (χ1n) is 8.22. The second kappa shape index (κ2) is 7.04. The van der Waals surface area contributed by atoms with Crippen LogP contribution in [0, 0.1) is 19.7 Å². The van der Waals surface area contributed by atoms with Crippen molar-refractivity contribution in [2.75, 3.05) is 12.4 Å². The summed E-state index contributed by atoms with van der Waals surface area (Å²) in [5, 5.41) is 3.64. The molecule has 134 valence electrons. The number of carbonyl (C=O) groups excluding carboxylic acids is 1.